The van der Waals surface area contributed by atoms with E-state index in [4.69, 9.17) is 9.72 Å². The van der Waals surface area contributed by atoms with E-state index in [-0.39, 0.29) is 24.6 Å². The van der Waals surface area contributed by atoms with E-state index < -0.39 is 0 Å². The van der Waals surface area contributed by atoms with E-state index in [1.54, 1.807) is 16.2 Å². The van der Waals surface area contributed by atoms with E-state index in [0.29, 0.717) is 12.4 Å². The zero-order valence-electron chi connectivity index (χ0n) is 16.6. The lowest BCUT2D eigenvalue weighted by Crippen LogP contribution is -2.36. The minimum Gasteiger partial charge on any atom is -0.375 e. The lowest BCUT2D eigenvalue weighted by Gasteiger charge is -2.22. The number of hydrogen-bond donors (Lipinski definition) is 1. The minimum absolute atomic E-state index is 0.00850. The molecule has 0 fully saturated rings. The highest BCUT2D eigenvalue weighted by atomic mass is 32.1. The summed E-state index contributed by atoms with van der Waals surface area (Å²) in [5, 5.41) is 0.743. The van der Waals surface area contributed by atoms with Gasteiger partial charge in [0.25, 0.3) is 5.56 Å². The van der Waals surface area contributed by atoms with Crippen molar-refractivity contribution in [3.63, 3.8) is 0 Å². The number of benzene rings is 1. The maximum absolute atomic E-state index is 12.8. The molecule has 6 nitrogen and oxygen atoms in total. The first-order valence-electron chi connectivity index (χ1n) is 10.00. The zero-order chi connectivity index (χ0) is 20.2. The zero-order valence-corrected chi connectivity index (χ0v) is 17.4. The predicted octanol–water partition coefficient (Wildman–Crippen LogP) is 3.08. The molecule has 1 aromatic carbocycles. The number of ether oxygens (including phenoxy) is 1. The SMILES string of the molecule is COCC(=O)N(CCc1ccccc1)Cc1nc2sc3c(c2c(=O)[nH]1)CCCC3. The summed E-state index contributed by atoms with van der Waals surface area (Å²) in [7, 11) is 1.51. The maximum Gasteiger partial charge on any atom is 0.259 e. The van der Waals surface area contributed by atoms with Crippen LogP contribution in [0.4, 0.5) is 0 Å². The Bertz CT molecular complexity index is 1060. The fraction of sp³-hybridized carbons (Fsp3) is 0.409. The molecule has 0 radical (unpaired) electrons. The lowest BCUT2D eigenvalue weighted by atomic mass is 9.97. The fourth-order valence-electron chi connectivity index (χ4n) is 3.88. The molecule has 3 aromatic rings. The van der Waals surface area contributed by atoms with Gasteiger partial charge in [0.1, 0.15) is 17.3 Å². The van der Waals surface area contributed by atoms with Gasteiger partial charge in [0, 0.05) is 18.5 Å². The topological polar surface area (TPSA) is 75.3 Å². The number of nitrogens with zero attached hydrogens (tertiary/aromatic N) is 2. The van der Waals surface area contributed by atoms with Crippen LogP contribution in [0.5, 0.6) is 0 Å². The highest BCUT2D eigenvalue weighted by Crippen LogP contribution is 2.33. The van der Waals surface area contributed by atoms with Gasteiger partial charge in [-0.1, -0.05) is 30.3 Å². The van der Waals surface area contributed by atoms with Gasteiger partial charge in [-0.25, -0.2) is 4.98 Å². The average molecular weight is 412 g/mol. The van der Waals surface area contributed by atoms with E-state index in [1.807, 2.05) is 30.3 Å². The van der Waals surface area contributed by atoms with Crippen molar-refractivity contribution in [1.29, 1.82) is 0 Å². The van der Waals surface area contributed by atoms with Crippen molar-refractivity contribution in [2.24, 2.45) is 0 Å². The number of fused-ring (bicyclic) bond motifs is 3. The van der Waals surface area contributed by atoms with Crippen molar-refractivity contribution in [2.45, 2.75) is 38.6 Å². The number of carbonyl (C=O) groups excluding carboxylic acids is 1. The van der Waals surface area contributed by atoms with Crippen LogP contribution in [-0.4, -0.2) is 41.0 Å². The van der Waals surface area contributed by atoms with Crippen LogP contribution in [0.1, 0.15) is 34.7 Å². The molecule has 7 heteroatoms. The van der Waals surface area contributed by atoms with Gasteiger partial charge in [-0.05, 0) is 43.2 Å². The molecular formula is C22H25N3O3S. The van der Waals surface area contributed by atoms with Crippen LogP contribution in [0.15, 0.2) is 35.1 Å². The number of thiophene rings is 1. The van der Waals surface area contributed by atoms with Crippen LogP contribution in [-0.2, 0) is 35.3 Å². The largest absolute Gasteiger partial charge is 0.375 e. The average Bonchev–Trinajstić information content (AvgIpc) is 3.11. The molecule has 0 bridgehead atoms. The molecule has 1 aliphatic carbocycles. The summed E-state index contributed by atoms with van der Waals surface area (Å²) in [6.07, 6.45) is 5.01. The number of aromatic amines is 1. The Labute approximate surface area is 173 Å². The molecule has 0 saturated carbocycles. The van der Waals surface area contributed by atoms with Crippen LogP contribution in [0.2, 0.25) is 0 Å². The van der Waals surface area contributed by atoms with Crippen molar-refractivity contribution < 1.29 is 9.53 Å². The first-order valence-corrected chi connectivity index (χ1v) is 10.8. The van der Waals surface area contributed by atoms with E-state index in [9.17, 15) is 9.59 Å². The van der Waals surface area contributed by atoms with Crippen LogP contribution in [0.3, 0.4) is 0 Å². The van der Waals surface area contributed by atoms with E-state index in [2.05, 4.69) is 4.98 Å². The standard InChI is InChI=1S/C22H25N3O3S/c1-28-14-19(26)25(12-11-15-7-3-2-4-8-15)13-18-23-21(27)20-16-9-5-6-10-17(16)29-22(20)24-18/h2-4,7-8H,5-6,9-14H2,1H3,(H,23,24,27). The molecule has 0 spiro atoms. The summed E-state index contributed by atoms with van der Waals surface area (Å²) in [6.45, 7) is 0.812. The predicted molar refractivity (Wildman–Crippen MR) is 114 cm³/mol. The summed E-state index contributed by atoms with van der Waals surface area (Å²) < 4.78 is 5.04. The van der Waals surface area contributed by atoms with Gasteiger partial charge in [-0.3, -0.25) is 9.59 Å². The third-order valence-electron chi connectivity index (χ3n) is 5.35. The molecular weight excluding hydrogens is 386 g/mol. The van der Waals surface area contributed by atoms with Gasteiger partial charge >= 0.3 is 0 Å². The quantitative estimate of drug-likeness (QED) is 0.648. The lowest BCUT2D eigenvalue weighted by molar-refractivity contribution is -0.135. The number of nitrogens with one attached hydrogen (secondary N) is 1. The molecule has 0 saturated heterocycles. The first kappa shape index (κ1) is 19.8. The maximum atomic E-state index is 12.8. The third kappa shape index (κ3) is 4.41. The first-order chi connectivity index (χ1) is 14.2. The molecule has 0 aliphatic heterocycles. The van der Waals surface area contributed by atoms with Crippen molar-refractivity contribution in [2.75, 3.05) is 20.3 Å². The second kappa shape index (κ2) is 8.88. The monoisotopic (exact) mass is 411 g/mol. The van der Waals surface area contributed by atoms with Crippen LogP contribution in [0.25, 0.3) is 10.2 Å². The fourth-order valence-corrected chi connectivity index (χ4v) is 5.16. The molecule has 2 aromatic heterocycles. The molecule has 1 amide bonds. The molecule has 1 N–H and O–H groups in total. The van der Waals surface area contributed by atoms with Gasteiger partial charge < -0.3 is 14.6 Å². The van der Waals surface area contributed by atoms with Gasteiger partial charge in [-0.2, -0.15) is 0 Å². The van der Waals surface area contributed by atoms with Crippen molar-refractivity contribution in [1.82, 2.24) is 14.9 Å². The number of methoxy groups -OCH3 is 1. The van der Waals surface area contributed by atoms with Crippen LogP contribution in [0, 0.1) is 0 Å². The summed E-state index contributed by atoms with van der Waals surface area (Å²) in [5.74, 6) is 0.412. The van der Waals surface area contributed by atoms with E-state index in [1.165, 1.54) is 24.0 Å². The second-order valence-electron chi connectivity index (χ2n) is 7.39. The number of aryl methyl sites for hydroxylation is 2. The third-order valence-corrected chi connectivity index (χ3v) is 6.53. The number of carbonyl (C=O) groups is 1. The molecule has 1 aliphatic rings. The highest BCUT2D eigenvalue weighted by molar-refractivity contribution is 7.18. The summed E-state index contributed by atoms with van der Waals surface area (Å²) >= 11 is 1.62. The molecule has 2 heterocycles. The second-order valence-corrected chi connectivity index (χ2v) is 8.47. The van der Waals surface area contributed by atoms with Gasteiger partial charge in [0.2, 0.25) is 5.91 Å². The van der Waals surface area contributed by atoms with Gasteiger partial charge in [-0.15, -0.1) is 11.3 Å². The Hall–Kier alpha value is -2.51. The molecule has 0 unspecified atom stereocenters. The number of H-pyrrole nitrogens is 1. The van der Waals surface area contributed by atoms with Crippen molar-refractivity contribution >= 4 is 27.5 Å². The van der Waals surface area contributed by atoms with Crippen molar-refractivity contribution in [3.05, 3.63) is 62.5 Å². The number of amides is 1. The van der Waals surface area contributed by atoms with Crippen LogP contribution >= 0.6 is 11.3 Å². The molecule has 152 valence electrons. The van der Waals surface area contributed by atoms with E-state index in [0.717, 1.165) is 41.5 Å². The van der Waals surface area contributed by atoms with Crippen molar-refractivity contribution in [3.8, 4) is 0 Å². The molecule has 29 heavy (non-hydrogen) atoms. The Morgan fingerprint density at radius 2 is 2.03 bits per heavy atom. The Morgan fingerprint density at radius 3 is 2.83 bits per heavy atom. The Morgan fingerprint density at radius 1 is 1.24 bits per heavy atom. The van der Waals surface area contributed by atoms with Crippen LogP contribution < -0.4 is 5.56 Å². The molecule has 0 atom stereocenters. The number of aromatic nitrogens is 2. The highest BCUT2D eigenvalue weighted by Gasteiger charge is 2.21. The van der Waals surface area contributed by atoms with Gasteiger partial charge in [0.15, 0.2) is 0 Å². The number of hydrogen-bond acceptors (Lipinski definition) is 5. The Kier molecular flexibility index (Phi) is 6.06. The summed E-state index contributed by atoms with van der Waals surface area (Å²) in [4.78, 5) is 36.7. The minimum atomic E-state index is -0.114. The smallest absolute Gasteiger partial charge is 0.259 e. The molecule has 4 rings (SSSR count). The number of rotatable bonds is 7. The van der Waals surface area contributed by atoms with E-state index >= 15 is 0 Å². The summed E-state index contributed by atoms with van der Waals surface area (Å²) in [5.41, 5.74) is 2.24. The normalized spacial score (nSPS) is 13.4. The van der Waals surface area contributed by atoms with Gasteiger partial charge in [0.05, 0.1) is 11.9 Å². The summed E-state index contributed by atoms with van der Waals surface area (Å²) in [6, 6.07) is 10.0. The Balaban J connectivity index is 1.58.